The van der Waals surface area contributed by atoms with Crippen LogP contribution in [0.4, 0.5) is 10.5 Å². The van der Waals surface area contributed by atoms with Gasteiger partial charge in [0.1, 0.15) is 5.75 Å². The molecule has 1 amide bonds. The molecule has 2 aliphatic rings. The van der Waals surface area contributed by atoms with E-state index in [0.717, 1.165) is 13.0 Å². The van der Waals surface area contributed by atoms with Crippen molar-refractivity contribution in [1.29, 1.82) is 0 Å². The van der Waals surface area contributed by atoms with Crippen LogP contribution in [0.1, 0.15) is 18.9 Å². The molecule has 1 saturated heterocycles. The summed E-state index contributed by atoms with van der Waals surface area (Å²) in [6.45, 7) is 3.39. The van der Waals surface area contributed by atoms with E-state index < -0.39 is 6.09 Å². The van der Waals surface area contributed by atoms with E-state index in [1.54, 1.807) is 7.05 Å². The van der Waals surface area contributed by atoms with Crippen LogP contribution in [-0.2, 0) is 5.41 Å². The Kier molecular flexibility index (Phi) is 2.90. The van der Waals surface area contributed by atoms with Crippen LogP contribution in [0.5, 0.6) is 5.75 Å². The van der Waals surface area contributed by atoms with E-state index in [1.807, 2.05) is 18.2 Å². The Labute approximate surface area is 119 Å². The lowest BCUT2D eigenvalue weighted by Gasteiger charge is -2.32. The summed E-state index contributed by atoms with van der Waals surface area (Å²) in [4.78, 5) is 16.1. The van der Waals surface area contributed by atoms with Gasteiger partial charge in [-0.3, -0.25) is 4.90 Å². The number of hydrogen-bond acceptors (Lipinski definition) is 4. The van der Waals surface area contributed by atoms with Gasteiger partial charge in [0.25, 0.3) is 0 Å². The van der Waals surface area contributed by atoms with Crippen LogP contribution in [-0.4, -0.2) is 44.8 Å². The zero-order valence-electron chi connectivity index (χ0n) is 12.4. The van der Waals surface area contributed by atoms with Crippen molar-refractivity contribution in [3.8, 4) is 5.75 Å². The standard InChI is InChI=1S/C15H21N3O2/c1-15-7-8-17(3)13(15)18(4)12-6-5-10(9-11(12)15)20-14(19)16-2/h5-6,9,13H,7-8H2,1-4H3,(H,16,19)/i14-1. The van der Waals surface area contributed by atoms with Gasteiger partial charge in [0.15, 0.2) is 0 Å². The fraction of sp³-hybridized carbons (Fsp3) is 0.533. The molecule has 0 spiro atoms. The molecule has 2 heterocycles. The number of hydrogen-bond donors (Lipinski definition) is 1. The van der Waals surface area contributed by atoms with E-state index in [4.69, 9.17) is 4.74 Å². The first-order valence-corrected chi connectivity index (χ1v) is 6.94. The minimum Gasteiger partial charge on any atom is -0.410 e. The molecule has 1 aromatic rings. The van der Waals surface area contributed by atoms with Gasteiger partial charge in [0, 0.05) is 31.7 Å². The van der Waals surface area contributed by atoms with E-state index >= 15 is 0 Å². The lowest BCUT2D eigenvalue weighted by Crippen LogP contribution is -2.45. The van der Waals surface area contributed by atoms with Gasteiger partial charge in [-0.1, -0.05) is 6.92 Å². The zero-order valence-corrected chi connectivity index (χ0v) is 12.4. The molecular formula is C15H21N3O2. The summed E-state index contributed by atoms with van der Waals surface area (Å²) in [5.41, 5.74) is 2.60. The molecule has 2 atom stereocenters. The van der Waals surface area contributed by atoms with Crippen LogP contribution >= 0.6 is 0 Å². The second-order valence-corrected chi connectivity index (χ2v) is 5.95. The average Bonchev–Trinajstić information content (AvgIpc) is 2.85. The summed E-state index contributed by atoms with van der Waals surface area (Å²) in [6.07, 6.45) is 1.07. The summed E-state index contributed by atoms with van der Waals surface area (Å²) >= 11 is 0. The number of carbonyl (C=O) groups is 1. The van der Waals surface area contributed by atoms with E-state index in [1.165, 1.54) is 11.3 Å². The number of ether oxygens (including phenoxy) is 1. The lowest BCUT2D eigenvalue weighted by molar-refractivity contribution is 0.203. The van der Waals surface area contributed by atoms with Gasteiger partial charge in [-0.25, -0.2) is 4.79 Å². The number of carbonyl (C=O) groups excluding carboxylic acids is 1. The van der Waals surface area contributed by atoms with Crippen LogP contribution in [0.2, 0.25) is 0 Å². The first kappa shape index (κ1) is 13.2. The quantitative estimate of drug-likeness (QED) is 0.848. The van der Waals surface area contributed by atoms with Crippen molar-refractivity contribution in [1.82, 2.24) is 10.2 Å². The average molecular weight is 274 g/mol. The number of likely N-dealkylation sites (N-methyl/N-ethyl adjacent to an activating group) is 2. The highest BCUT2D eigenvalue weighted by Gasteiger charge is 2.52. The highest BCUT2D eigenvalue weighted by molar-refractivity contribution is 5.72. The molecule has 5 nitrogen and oxygen atoms in total. The van der Waals surface area contributed by atoms with Crippen molar-refractivity contribution >= 4 is 11.8 Å². The predicted molar refractivity (Wildman–Crippen MR) is 78.3 cm³/mol. The predicted octanol–water partition coefficient (Wildman–Crippen LogP) is 1.77. The van der Waals surface area contributed by atoms with Crippen molar-refractivity contribution in [2.75, 3.05) is 32.6 Å². The highest BCUT2D eigenvalue weighted by Crippen LogP contribution is 2.51. The smallest absolute Gasteiger partial charge is 0.410 e. The number of rotatable bonds is 1. The molecule has 0 aromatic heterocycles. The van der Waals surface area contributed by atoms with Crippen molar-refractivity contribution < 1.29 is 9.53 Å². The monoisotopic (exact) mass is 274 g/mol. The molecule has 0 saturated carbocycles. The second-order valence-electron chi connectivity index (χ2n) is 5.95. The van der Waals surface area contributed by atoms with Gasteiger partial charge in [-0.2, -0.15) is 0 Å². The van der Waals surface area contributed by atoms with Gasteiger partial charge in [-0.15, -0.1) is 0 Å². The molecule has 2 aliphatic heterocycles. The molecule has 0 aliphatic carbocycles. The molecule has 20 heavy (non-hydrogen) atoms. The van der Waals surface area contributed by atoms with Gasteiger partial charge >= 0.3 is 6.09 Å². The molecule has 1 N–H and O–H groups in total. The third-order valence-electron chi connectivity index (χ3n) is 4.72. The zero-order chi connectivity index (χ0) is 14.5. The molecule has 108 valence electrons. The number of nitrogens with zero attached hydrogens (tertiary/aromatic N) is 2. The van der Waals surface area contributed by atoms with Crippen LogP contribution in [0.25, 0.3) is 0 Å². The largest absolute Gasteiger partial charge is 0.412 e. The number of likely N-dealkylation sites (tertiary alicyclic amines) is 1. The van der Waals surface area contributed by atoms with Crippen molar-refractivity contribution in [2.45, 2.75) is 24.9 Å². The van der Waals surface area contributed by atoms with Crippen LogP contribution in [0.3, 0.4) is 0 Å². The van der Waals surface area contributed by atoms with Crippen LogP contribution < -0.4 is 15.0 Å². The fourth-order valence-corrected chi connectivity index (χ4v) is 3.78. The SMILES string of the molecule is CN[11C](=O)Oc1ccc2c(c1)C1(C)CCN(C)C1N2C. The third kappa shape index (κ3) is 1.69. The normalized spacial score (nSPS) is 28.2. The maximum atomic E-state index is 11.4. The summed E-state index contributed by atoms with van der Waals surface area (Å²) in [7, 11) is 5.86. The number of fused-ring (bicyclic) bond motifs is 3. The summed E-state index contributed by atoms with van der Waals surface area (Å²) in [5, 5.41) is 2.47. The Balaban J connectivity index is 2.00. The molecular weight excluding hydrogens is 253 g/mol. The highest BCUT2D eigenvalue weighted by atomic mass is 16.5. The van der Waals surface area contributed by atoms with E-state index in [0.29, 0.717) is 11.9 Å². The number of benzene rings is 1. The molecule has 2 unspecified atom stereocenters. The van der Waals surface area contributed by atoms with Gasteiger partial charge in [0.05, 0.1) is 6.17 Å². The Morgan fingerprint density at radius 1 is 1.45 bits per heavy atom. The Morgan fingerprint density at radius 3 is 2.90 bits per heavy atom. The first-order valence-electron chi connectivity index (χ1n) is 6.94. The third-order valence-corrected chi connectivity index (χ3v) is 4.72. The molecule has 0 bridgehead atoms. The minimum atomic E-state index is -0.429. The first-order chi connectivity index (χ1) is 9.47. The summed E-state index contributed by atoms with van der Waals surface area (Å²) in [5.74, 6) is 0.605. The van der Waals surface area contributed by atoms with Crippen molar-refractivity contribution in [3.63, 3.8) is 0 Å². The van der Waals surface area contributed by atoms with E-state index in [-0.39, 0.29) is 5.41 Å². The maximum Gasteiger partial charge on any atom is 0.412 e. The Morgan fingerprint density at radius 2 is 2.20 bits per heavy atom. The van der Waals surface area contributed by atoms with E-state index in [9.17, 15) is 4.79 Å². The molecule has 1 fully saturated rings. The van der Waals surface area contributed by atoms with Crippen LogP contribution in [0.15, 0.2) is 18.2 Å². The van der Waals surface area contributed by atoms with Gasteiger partial charge in [0.2, 0.25) is 0 Å². The number of nitrogens with one attached hydrogen (secondary N) is 1. The van der Waals surface area contributed by atoms with Crippen molar-refractivity contribution in [2.24, 2.45) is 0 Å². The topological polar surface area (TPSA) is 44.8 Å². The fourth-order valence-electron chi connectivity index (χ4n) is 3.78. The lowest BCUT2D eigenvalue weighted by atomic mass is 9.81. The molecule has 3 rings (SSSR count). The van der Waals surface area contributed by atoms with Crippen molar-refractivity contribution in [3.05, 3.63) is 23.8 Å². The van der Waals surface area contributed by atoms with E-state index in [2.05, 4.69) is 36.1 Å². The van der Waals surface area contributed by atoms with Gasteiger partial charge in [-0.05, 0) is 37.2 Å². The maximum absolute atomic E-state index is 11.4. The Bertz CT molecular complexity index is 560. The number of anilines is 1. The van der Waals surface area contributed by atoms with Crippen LogP contribution in [0, 0.1) is 0 Å². The minimum absolute atomic E-state index is 0.0981. The molecule has 5 heteroatoms. The Hall–Kier alpha value is -1.75. The number of amides is 1. The summed E-state index contributed by atoms with van der Waals surface area (Å²) in [6, 6.07) is 5.92. The van der Waals surface area contributed by atoms with Gasteiger partial charge < -0.3 is 15.0 Å². The molecule has 1 aromatic carbocycles. The summed E-state index contributed by atoms with van der Waals surface area (Å²) < 4.78 is 5.26. The second kappa shape index (κ2) is 4.38. The molecule has 0 radical (unpaired) electrons.